The number of rotatable bonds is 1. The van der Waals surface area contributed by atoms with Gasteiger partial charge in [0.15, 0.2) is 0 Å². The molecule has 0 unspecified atom stereocenters. The van der Waals surface area contributed by atoms with Crippen LogP contribution in [0.3, 0.4) is 0 Å². The summed E-state index contributed by atoms with van der Waals surface area (Å²) in [4.78, 5) is 0. The molecule has 0 radical (unpaired) electrons. The van der Waals surface area contributed by atoms with Crippen molar-refractivity contribution < 1.29 is 4.74 Å². The van der Waals surface area contributed by atoms with Crippen LogP contribution in [0.1, 0.15) is 5.56 Å². The van der Waals surface area contributed by atoms with E-state index in [1.54, 1.807) is 0 Å². The van der Waals surface area contributed by atoms with Crippen molar-refractivity contribution in [2.45, 2.75) is 5.54 Å². The molecule has 1 heterocycles. The summed E-state index contributed by atoms with van der Waals surface area (Å²) in [5.41, 5.74) is 6.65. The molecule has 1 aliphatic heterocycles. The summed E-state index contributed by atoms with van der Waals surface area (Å²) in [6.07, 6.45) is 0. The molecule has 2 N–H and O–H groups in total. The molecule has 0 saturated carbocycles. The van der Waals surface area contributed by atoms with Gasteiger partial charge < -0.3 is 10.5 Å². The van der Waals surface area contributed by atoms with Crippen molar-refractivity contribution >= 4 is 11.6 Å². The Labute approximate surface area is 76.3 Å². The lowest BCUT2D eigenvalue weighted by Gasteiger charge is -2.38. The van der Waals surface area contributed by atoms with Crippen LogP contribution in [0.25, 0.3) is 0 Å². The molecule has 12 heavy (non-hydrogen) atoms. The predicted octanol–water partition coefficient (Wildman–Crippen LogP) is 1.52. The fourth-order valence-corrected chi connectivity index (χ4v) is 1.67. The van der Waals surface area contributed by atoms with Gasteiger partial charge in [0.25, 0.3) is 0 Å². The van der Waals surface area contributed by atoms with Crippen LogP contribution in [0.2, 0.25) is 5.02 Å². The normalized spacial score (nSPS) is 20.2. The average Bonchev–Trinajstić information content (AvgIpc) is 2.01. The van der Waals surface area contributed by atoms with E-state index in [9.17, 15) is 0 Å². The first-order valence-corrected chi connectivity index (χ1v) is 4.22. The van der Waals surface area contributed by atoms with E-state index in [1.807, 2.05) is 24.3 Å². The van der Waals surface area contributed by atoms with Gasteiger partial charge in [-0.25, -0.2) is 0 Å². The summed E-state index contributed by atoms with van der Waals surface area (Å²) < 4.78 is 5.06. The van der Waals surface area contributed by atoms with Gasteiger partial charge in [-0.3, -0.25) is 0 Å². The maximum absolute atomic E-state index is 6.02. The lowest BCUT2D eigenvalue weighted by molar-refractivity contribution is -0.0568. The highest BCUT2D eigenvalue weighted by Gasteiger charge is 2.37. The number of hydrogen-bond donors (Lipinski definition) is 1. The third-order valence-electron chi connectivity index (χ3n) is 2.13. The zero-order valence-electron chi connectivity index (χ0n) is 6.59. The molecule has 2 rings (SSSR count). The minimum Gasteiger partial charge on any atom is -0.377 e. The van der Waals surface area contributed by atoms with E-state index in [0.29, 0.717) is 13.2 Å². The van der Waals surface area contributed by atoms with Crippen molar-refractivity contribution in [2.24, 2.45) is 5.73 Å². The quantitative estimate of drug-likeness (QED) is 0.717. The summed E-state index contributed by atoms with van der Waals surface area (Å²) in [5.74, 6) is 0. The molecule has 0 aromatic heterocycles. The van der Waals surface area contributed by atoms with E-state index in [0.717, 1.165) is 10.6 Å². The fourth-order valence-electron chi connectivity index (χ4n) is 1.34. The first-order chi connectivity index (χ1) is 5.72. The SMILES string of the molecule is NC1(c2ccccc2Cl)COC1. The van der Waals surface area contributed by atoms with Crippen LogP contribution in [-0.2, 0) is 10.3 Å². The van der Waals surface area contributed by atoms with Crippen molar-refractivity contribution in [1.29, 1.82) is 0 Å². The van der Waals surface area contributed by atoms with E-state index in [1.165, 1.54) is 0 Å². The van der Waals surface area contributed by atoms with Gasteiger partial charge in [-0.05, 0) is 11.6 Å². The first-order valence-electron chi connectivity index (χ1n) is 3.84. The van der Waals surface area contributed by atoms with E-state index in [-0.39, 0.29) is 5.54 Å². The van der Waals surface area contributed by atoms with E-state index in [4.69, 9.17) is 22.1 Å². The van der Waals surface area contributed by atoms with Crippen molar-refractivity contribution in [3.63, 3.8) is 0 Å². The molecule has 0 aliphatic carbocycles. The van der Waals surface area contributed by atoms with Gasteiger partial charge in [0.2, 0.25) is 0 Å². The largest absolute Gasteiger partial charge is 0.377 e. The summed E-state index contributed by atoms with van der Waals surface area (Å²) in [6.45, 7) is 1.13. The Bertz CT molecular complexity index is 296. The molecule has 1 fully saturated rings. The number of halogens is 1. The Kier molecular flexibility index (Phi) is 1.83. The molecule has 2 nitrogen and oxygen atoms in total. The molecule has 0 bridgehead atoms. The highest BCUT2D eigenvalue weighted by molar-refractivity contribution is 6.31. The van der Waals surface area contributed by atoms with E-state index >= 15 is 0 Å². The van der Waals surface area contributed by atoms with Crippen LogP contribution in [0, 0.1) is 0 Å². The Hall–Kier alpha value is -0.570. The summed E-state index contributed by atoms with van der Waals surface area (Å²) in [6, 6.07) is 7.64. The topological polar surface area (TPSA) is 35.2 Å². The number of ether oxygens (including phenoxy) is 1. The van der Waals surface area contributed by atoms with Crippen LogP contribution in [0.5, 0.6) is 0 Å². The van der Waals surface area contributed by atoms with Gasteiger partial charge in [-0.1, -0.05) is 29.8 Å². The molecule has 64 valence electrons. The lowest BCUT2D eigenvalue weighted by Crippen LogP contribution is -2.54. The number of benzene rings is 1. The lowest BCUT2D eigenvalue weighted by atomic mass is 9.89. The molecule has 0 spiro atoms. The molecule has 0 atom stereocenters. The van der Waals surface area contributed by atoms with E-state index in [2.05, 4.69) is 0 Å². The second-order valence-corrected chi connectivity index (χ2v) is 3.54. The summed E-state index contributed by atoms with van der Waals surface area (Å²) in [7, 11) is 0. The predicted molar refractivity (Wildman–Crippen MR) is 48.1 cm³/mol. The van der Waals surface area contributed by atoms with E-state index < -0.39 is 0 Å². The van der Waals surface area contributed by atoms with Crippen LogP contribution in [0.15, 0.2) is 24.3 Å². The number of hydrogen-bond acceptors (Lipinski definition) is 2. The number of nitrogens with two attached hydrogens (primary N) is 1. The smallest absolute Gasteiger partial charge is 0.0898 e. The molecular weight excluding hydrogens is 174 g/mol. The molecule has 1 aromatic carbocycles. The third kappa shape index (κ3) is 1.12. The molecule has 3 heteroatoms. The monoisotopic (exact) mass is 183 g/mol. The van der Waals surface area contributed by atoms with Crippen LogP contribution < -0.4 is 5.73 Å². The van der Waals surface area contributed by atoms with Crippen LogP contribution in [0.4, 0.5) is 0 Å². The standard InChI is InChI=1S/C9H10ClNO/c10-8-4-2-1-3-7(8)9(11)5-12-6-9/h1-4H,5-6,11H2. The van der Waals surface area contributed by atoms with Gasteiger partial charge >= 0.3 is 0 Å². The van der Waals surface area contributed by atoms with Crippen molar-refractivity contribution in [1.82, 2.24) is 0 Å². The zero-order chi connectivity index (χ0) is 8.60. The van der Waals surface area contributed by atoms with Crippen molar-refractivity contribution in [3.8, 4) is 0 Å². The Morgan fingerprint density at radius 2 is 2.00 bits per heavy atom. The second kappa shape index (κ2) is 2.73. The van der Waals surface area contributed by atoms with Crippen molar-refractivity contribution in [2.75, 3.05) is 13.2 Å². The second-order valence-electron chi connectivity index (χ2n) is 3.13. The van der Waals surface area contributed by atoms with Gasteiger partial charge in [-0.15, -0.1) is 0 Å². The molecule has 0 amide bonds. The molecule has 1 aliphatic rings. The van der Waals surface area contributed by atoms with Crippen molar-refractivity contribution in [3.05, 3.63) is 34.9 Å². The minimum absolute atomic E-state index is 0.349. The van der Waals surface area contributed by atoms with Gasteiger partial charge in [0.05, 0.1) is 18.8 Å². The Balaban J connectivity index is 2.39. The average molecular weight is 184 g/mol. The van der Waals surface area contributed by atoms with Crippen LogP contribution in [-0.4, -0.2) is 13.2 Å². The van der Waals surface area contributed by atoms with Gasteiger partial charge in [-0.2, -0.15) is 0 Å². The van der Waals surface area contributed by atoms with Gasteiger partial charge in [0, 0.05) is 5.02 Å². The van der Waals surface area contributed by atoms with Crippen LogP contribution >= 0.6 is 11.6 Å². The Morgan fingerprint density at radius 1 is 1.33 bits per heavy atom. The third-order valence-corrected chi connectivity index (χ3v) is 2.46. The maximum Gasteiger partial charge on any atom is 0.0898 e. The zero-order valence-corrected chi connectivity index (χ0v) is 7.34. The molecule has 1 aromatic rings. The highest BCUT2D eigenvalue weighted by Crippen LogP contribution is 2.31. The first kappa shape index (κ1) is 8.05. The highest BCUT2D eigenvalue weighted by atomic mass is 35.5. The van der Waals surface area contributed by atoms with Gasteiger partial charge in [0.1, 0.15) is 0 Å². The Morgan fingerprint density at radius 3 is 2.50 bits per heavy atom. The molecular formula is C9H10ClNO. The fraction of sp³-hybridized carbons (Fsp3) is 0.333. The summed E-state index contributed by atoms with van der Waals surface area (Å²) in [5, 5.41) is 0.725. The molecule has 1 saturated heterocycles. The minimum atomic E-state index is -0.349. The summed E-state index contributed by atoms with van der Waals surface area (Å²) >= 11 is 5.99. The maximum atomic E-state index is 6.02.